The molecule has 2 aromatic carbocycles. The summed E-state index contributed by atoms with van der Waals surface area (Å²) in [6, 6.07) is 16.4. The van der Waals surface area contributed by atoms with Crippen molar-refractivity contribution in [3.05, 3.63) is 59.5 Å². The molecule has 25 heavy (non-hydrogen) atoms. The van der Waals surface area contributed by atoms with Gasteiger partial charge in [0.15, 0.2) is 11.5 Å². The van der Waals surface area contributed by atoms with Gasteiger partial charge in [0.2, 0.25) is 11.8 Å². The highest BCUT2D eigenvalue weighted by atomic mass is 32.1. The molecule has 124 valence electrons. The fourth-order valence-corrected chi connectivity index (χ4v) is 3.61. The molecule has 0 spiro atoms. The summed E-state index contributed by atoms with van der Waals surface area (Å²) in [6.07, 6.45) is 0. The number of hydrogen-bond acceptors (Lipinski definition) is 6. The Morgan fingerprint density at radius 1 is 1.04 bits per heavy atom. The van der Waals surface area contributed by atoms with Crippen molar-refractivity contribution in [1.29, 1.82) is 0 Å². The van der Waals surface area contributed by atoms with Gasteiger partial charge in [-0.25, -0.2) is 4.40 Å². The van der Waals surface area contributed by atoms with E-state index in [0.717, 1.165) is 33.3 Å². The zero-order valence-corrected chi connectivity index (χ0v) is 13.9. The average Bonchev–Trinajstić information content (AvgIpc) is 3.37. The fraction of sp³-hybridized carbons (Fsp3) is 0.111. The van der Waals surface area contributed by atoms with Crippen LogP contribution in [0.15, 0.2) is 53.9 Å². The maximum absolute atomic E-state index is 5.93. The summed E-state index contributed by atoms with van der Waals surface area (Å²) in [6.45, 7) is 0.640. The van der Waals surface area contributed by atoms with Gasteiger partial charge in [-0.1, -0.05) is 41.5 Å². The molecule has 6 nitrogen and oxygen atoms in total. The van der Waals surface area contributed by atoms with Gasteiger partial charge in [0, 0.05) is 5.38 Å². The number of fused-ring (bicyclic) bond motifs is 2. The molecule has 0 fully saturated rings. The zero-order chi connectivity index (χ0) is 16.6. The van der Waals surface area contributed by atoms with Crippen molar-refractivity contribution < 1.29 is 14.2 Å². The second-order valence-electron chi connectivity index (χ2n) is 5.56. The van der Waals surface area contributed by atoms with Crippen LogP contribution in [0.5, 0.6) is 17.5 Å². The highest BCUT2D eigenvalue weighted by molar-refractivity contribution is 7.15. The number of rotatable bonds is 4. The third kappa shape index (κ3) is 2.49. The third-order valence-corrected chi connectivity index (χ3v) is 4.81. The molecule has 0 saturated heterocycles. The van der Waals surface area contributed by atoms with Gasteiger partial charge in [0.25, 0.3) is 0 Å². The van der Waals surface area contributed by atoms with E-state index in [9.17, 15) is 0 Å². The molecule has 0 saturated carbocycles. The fourth-order valence-electron chi connectivity index (χ4n) is 2.78. The Kier molecular flexibility index (Phi) is 3.31. The molecule has 0 amide bonds. The van der Waals surface area contributed by atoms with Crippen LogP contribution in [-0.4, -0.2) is 21.4 Å². The van der Waals surface area contributed by atoms with Crippen molar-refractivity contribution in [2.75, 3.05) is 6.79 Å². The molecule has 7 heteroatoms. The summed E-state index contributed by atoms with van der Waals surface area (Å²) in [4.78, 5) is 0.805. The van der Waals surface area contributed by atoms with Gasteiger partial charge in [-0.15, -0.1) is 16.4 Å². The first-order chi connectivity index (χ1) is 12.4. The summed E-state index contributed by atoms with van der Waals surface area (Å²) in [7, 11) is 0. The number of benzene rings is 2. The molecule has 0 atom stereocenters. The van der Waals surface area contributed by atoms with E-state index in [4.69, 9.17) is 14.2 Å². The lowest BCUT2D eigenvalue weighted by atomic mass is 10.2. The first-order valence-corrected chi connectivity index (χ1v) is 8.66. The van der Waals surface area contributed by atoms with Crippen molar-refractivity contribution in [3.8, 4) is 28.8 Å². The number of nitrogens with zero attached hydrogens (tertiary/aromatic N) is 3. The van der Waals surface area contributed by atoms with Crippen LogP contribution in [0, 0.1) is 0 Å². The van der Waals surface area contributed by atoms with E-state index >= 15 is 0 Å². The van der Waals surface area contributed by atoms with Gasteiger partial charge in [0.05, 0.1) is 5.69 Å². The molecule has 0 radical (unpaired) electrons. The Morgan fingerprint density at radius 3 is 2.84 bits per heavy atom. The summed E-state index contributed by atoms with van der Waals surface area (Å²) < 4.78 is 18.6. The van der Waals surface area contributed by atoms with E-state index in [0.29, 0.717) is 12.6 Å². The highest BCUT2D eigenvalue weighted by Gasteiger charge is 2.16. The van der Waals surface area contributed by atoms with Crippen molar-refractivity contribution in [2.45, 2.75) is 6.61 Å². The average molecular weight is 351 g/mol. The second-order valence-corrected chi connectivity index (χ2v) is 6.40. The maximum atomic E-state index is 5.93. The summed E-state index contributed by atoms with van der Waals surface area (Å²) >= 11 is 1.54. The molecule has 0 bridgehead atoms. The quantitative estimate of drug-likeness (QED) is 0.560. The van der Waals surface area contributed by atoms with Crippen LogP contribution in [-0.2, 0) is 6.61 Å². The number of aromatic nitrogens is 3. The Balaban J connectivity index is 1.44. The molecular weight excluding hydrogens is 338 g/mol. The normalized spacial score (nSPS) is 12.6. The van der Waals surface area contributed by atoms with E-state index in [1.54, 1.807) is 11.3 Å². The minimum Gasteiger partial charge on any atom is -0.458 e. The van der Waals surface area contributed by atoms with Crippen LogP contribution >= 0.6 is 11.3 Å². The number of thiazole rings is 1. The zero-order valence-electron chi connectivity index (χ0n) is 13.1. The van der Waals surface area contributed by atoms with Gasteiger partial charge in [-0.2, -0.15) is 0 Å². The molecule has 0 N–H and O–H groups in total. The van der Waals surface area contributed by atoms with Gasteiger partial charge in [-0.3, -0.25) is 0 Å². The van der Waals surface area contributed by atoms with Crippen molar-refractivity contribution >= 4 is 16.3 Å². The van der Waals surface area contributed by atoms with E-state index in [1.807, 2.05) is 40.8 Å². The predicted molar refractivity (Wildman–Crippen MR) is 93.2 cm³/mol. The Bertz CT molecular complexity index is 1040. The monoisotopic (exact) mass is 351 g/mol. The summed E-state index contributed by atoms with van der Waals surface area (Å²) in [5.41, 5.74) is 3.10. The van der Waals surface area contributed by atoms with Crippen LogP contribution in [0.2, 0.25) is 0 Å². The van der Waals surface area contributed by atoms with Crippen LogP contribution in [0.3, 0.4) is 0 Å². The van der Waals surface area contributed by atoms with Crippen LogP contribution in [0.1, 0.15) is 5.56 Å². The van der Waals surface area contributed by atoms with E-state index in [2.05, 4.69) is 27.7 Å². The van der Waals surface area contributed by atoms with E-state index in [1.165, 1.54) is 0 Å². The molecular formula is C18H13N3O3S. The van der Waals surface area contributed by atoms with Gasteiger partial charge < -0.3 is 14.2 Å². The third-order valence-electron chi connectivity index (χ3n) is 4.00. The molecule has 0 aliphatic carbocycles. The number of ether oxygens (including phenoxy) is 3. The molecule has 4 aromatic rings. The standard InChI is InChI=1S/C18H13N3O3S/c1-2-4-13(5-3-1)14-10-25-18-20-19-17(21(14)18)22-9-12-6-7-15-16(8-12)24-11-23-15/h1-8,10H,9,11H2. The summed E-state index contributed by atoms with van der Waals surface area (Å²) in [5.74, 6) is 1.51. The smallest absolute Gasteiger partial charge is 0.323 e. The van der Waals surface area contributed by atoms with Crippen LogP contribution in [0.4, 0.5) is 0 Å². The number of hydrogen-bond donors (Lipinski definition) is 0. The SMILES string of the molecule is c1ccc(-c2csc3nnc(OCc4ccc5c(c4)OCO5)n23)cc1. The minimum atomic E-state index is 0.264. The van der Waals surface area contributed by atoms with Crippen LogP contribution < -0.4 is 14.2 Å². The van der Waals surface area contributed by atoms with Gasteiger partial charge in [0.1, 0.15) is 6.61 Å². The molecule has 2 aromatic heterocycles. The van der Waals surface area contributed by atoms with Gasteiger partial charge >= 0.3 is 6.01 Å². The lowest BCUT2D eigenvalue weighted by Crippen LogP contribution is -2.00. The second kappa shape index (κ2) is 5.78. The van der Waals surface area contributed by atoms with Crippen LogP contribution in [0.25, 0.3) is 16.2 Å². The largest absolute Gasteiger partial charge is 0.458 e. The van der Waals surface area contributed by atoms with E-state index in [-0.39, 0.29) is 6.79 Å². The molecule has 5 rings (SSSR count). The first kappa shape index (κ1) is 14.3. The lowest BCUT2D eigenvalue weighted by molar-refractivity contribution is 0.174. The minimum absolute atomic E-state index is 0.264. The van der Waals surface area contributed by atoms with Crippen molar-refractivity contribution in [3.63, 3.8) is 0 Å². The van der Waals surface area contributed by atoms with Crippen molar-refractivity contribution in [2.24, 2.45) is 0 Å². The predicted octanol–water partition coefficient (Wildman–Crippen LogP) is 3.77. The summed E-state index contributed by atoms with van der Waals surface area (Å²) in [5, 5.41) is 10.4. The molecule has 1 aliphatic rings. The molecule has 1 aliphatic heterocycles. The topological polar surface area (TPSA) is 57.9 Å². The highest BCUT2D eigenvalue weighted by Crippen LogP contribution is 2.33. The Morgan fingerprint density at radius 2 is 1.92 bits per heavy atom. The maximum Gasteiger partial charge on any atom is 0.323 e. The molecule has 0 unspecified atom stereocenters. The Labute approximate surface area is 147 Å². The van der Waals surface area contributed by atoms with E-state index < -0.39 is 0 Å². The first-order valence-electron chi connectivity index (χ1n) is 7.78. The van der Waals surface area contributed by atoms with Crippen molar-refractivity contribution in [1.82, 2.24) is 14.6 Å². The lowest BCUT2D eigenvalue weighted by Gasteiger charge is -2.06. The van der Waals surface area contributed by atoms with Gasteiger partial charge in [-0.05, 0) is 23.3 Å². The molecule has 3 heterocycles. The Hall–Kier alpha value is -3.06.